The molecule has 4 rings (SSSR count). The van der Waals surface area contributed by atoms with Crippen LogP contribution in [0.25, 0.3) is 0 Å². The van der Waals surface area contributed by atoms with Crippen molar-refractivity contribution in [1.29, 1.82) is 0 Å². The van der Waals surface area contributed by atoms with Crippen LogP contribution >= 0.6 is 11.6 Å². The Balaban J connectivity index is 1.39. The predicted octanol–water partition coefficient (Wildman–Crippen LogP) is 6.60. The lowest BCUT2D eigenvalue weighted by Crippen LogP contribution is -2.19. The summed E-state index contributed by atoms with van der Waals surface area (Å²) in [6.07, 6.45) is 1.75. The van der Waals surface area contributed by atoms with E-state index in [4.69, 9.17) is 30.5 Å². The van der Waals surface area contributed by atoms with E-state index in [1.807, 2.05) is 85.8 Å². The minimum atomic E-state index is -0.217. The van der Waals surface area contributed by atoms with Crippen molar-refractivity contribution in [2.45, 2.75) is 26.6 Å². The summed E-state index contributed by atoms with van der Waals surface area (Å²) in [5.74, 6) is 1.92. The molecule has 0 radical (unpaired) electrons. The highest BCUT2D eigenvalue weighted by Crippen LogP contribution is 2.37. The SMILES string of the molecule is CCOc1cc(/C=N/NC(=O)Cc2ccccc2)cc(Cl)c1OCc1ccc(OCc2ccccc2)c(OC)c1. The Morgan fingerprint density at radius 3 is 2.20 bits per heavy atom. The minimum Gasteiger partial charge on any atom is -0.493 e. The number of ether oxygens (including phenoxy) is 4. The Kier molecular flexibility index (Phi) is 10.4. The van der Waals surface area contributed by atoms with Gasteiger partial charge in [-0.25, -0.2) is 5.43 Å². The van der Waals surface area contributed by atoms with Gasteiger partial charge >= 0.3 is 0 Å². The van der Waals surface area contributed by atoms with E-state index in [1.165, 1.54) is 6.21 Å². The molecule has 0 spiro atoms. The summed E-state index contributed by atoms with van der Waals surface area (Å²) in [6, 6.07) is 28.5. The van der Waals surface area contributed by atoms with Crippen LogP contribution in [0, 0.1) is 0 Å². The van der Waals surface area contributed by atoms with Gasteiger partial charge in [0.15, 0.2) is 23.0 Å². The molecular weight excluding hydrogens is 528 g/mol. The van der Waals surface area contributed by atoms with Crippen LogP contribution in [-0.2, 0) is 24.4 Å². The Morgan fingerprint density at radius 2 is 1.50 bits per heavy atom. The molecule has 0 bridgehead atoms. The molecule has 7 nitrogen and oxygen atoms in total. The number of halogens is 1. The number of nitrogens with one attached hydrogen (secondary N) is 1. The van der Waals surface area contributed by atoms with Gasteiger partial charge in [0.25, 0.3) is 0 Å². The summed E-state index contributed by atoms with van der Waals surface area (Å²) in [5.41, 5.74) is 6.04. The predicted molar refractivity (Wildman–Crippen MR) is 157 cm³/mol. The molecule has 206 valence electrons. The molecule has 0 saturated heterocycles. The van der Waals surface area contributed by atoms with Gasteiger partial charge in [0.05, 0.1) is 31.4 Å². The van der Waals surface area contributed by atoms with Crippen molar-refractivity contribution in [2.24, 2.45) is 5.10 Å². The largest absolute Gasteiger partial charge is 0.493 e. The van der Waals surface area contributed by atoms with Crippen molar-refractivity contribution in [2.75, 3.05) is 13.7 Å². The molecule has 0 aliphatic rings. The van der Waals surface area contributed by atoms with E-state index in [0.717, 1.165) is 16.7 Å². The number of hydrogen-bond acceptors (Lipinski definition) is 6. The molecule has 0 saturated carbocycles. The fourth-order valence-corrected chi connectivity index (χ4v) is 4.15. The third-order valence-corrected chi connectivity index (χ3v) is 6.07. The lowest BCUT2D eigenvalue weighted by molar-refractivity contribution is -0.120. The maximum atomic E-state index is 12.2. The Bertz CT molecular complexity index is 1430. The highest BCUT2D eigenvalue weighted by molar-refractivity contribution is 6.32. The van der Waals surface area contributed by atoms with Crippen LogP contribution in [-0.4, -0.2) is 25.8 Å². The summed E-state index contributed by atoms with van der Waals surface area (Å²) in [5, 5.41) is 4.42. The molecule has 1 amide bonds. The van der Waals surface area contributed by atoms with E-state index >= 15 is 0 Å². The lowest BCUT2D eigenvalue weighted by Gasteiger charge is -2.16. The monoisotopic (exact) mass is 558 g/mol. The minimum absolute atomic E-state index is 0.217. The molecule has 0 heterocycles. The quantitative estimate of drug-likeness (QED) is 0.148. The van der Waals surface area contributed by atoms with Gasteiger partial charge in [0, 0.05) is 0 Å². The molecule has 8 heteroatoms. The van der Waals surface area contributed by atoms with Crippen molar-refractivity contribution in [3.63, 3.8) is 0 Å². The Hall–Kier alpha value is -4.49. The molecule has 4 aromatic carbocycles. The summed E-state index contributed by atoms with van der Waals surface area (Å²) in [6.45, 7) is 2.97. The Morgan fingerprint density at radius 1 is 0.800 bits per heavy atom. The van der Waals surface area contributed by atoms with E-state index in [9.17, 15) is 4.79 Å². The third-order valence-electron chi connectivity index (χ3n) is 5.79. The average molecular weight is 559 g/mol. The topological polar surface area (TPSA) is 78.4 Å². The van der Waals surface area contributed by atoms with E-state index in [-0.39, 0.29) is 18.9 Å². The Labute approximate surface area is 239 Å². The zero-order chi connectivity index (χ0) is 28.2. The zero-order valence-corrected chi connectivity index (χ0v) is 23.2. The van der Waals surface area contributed by atoms with Gasteiger partial charge in [-0.1, -0.05) is 78.3 Å². The van der Waals surface area contributed by atoms with Gasteiger partial charge < -0.3 is 18.9 Å². The van der Waals surface area contributed by atoms with E-state index < -0.39 is 0 Å². The number of hydrazone groups is 1. The molecule has 1 N–H and O–H groups in total. The van der Waals surface area contributed by atoms with Crippen LogP contribution in [0.15, 0.2) is 96.1 Å². The number of rotatable bonds is 13. The molecule has 0 atom stereocenters. The van der Waals surface area contributed by atoms with Crippen LogP contribution in [0.5, 0.6) is 23.0 Å². The number of benzene rings is 4. The van der Waals surface area contributed by atoms with E-state index in [2.05, 4.69) is 10.5 Å². The zero-order valence-electron chi connectivity index (χ0n) is 22.4. The van der Waals surface area contributed by atoms with Gasteiger partial charge in [0.2, 0.25) is 5.91 Å². The van der Waals surface area contributed by atoms with Crippen molar-refractivity contribution in [3.05, 3.63) is 118 Å². The van der Waals surface area contributed by atoms with Crippen molar-refractivity contribution >= 4 is 23.7 Å². The average Bonchev–Trinajstić information content (AvgIpc) is 2.97. The number of carbonyl (C=O) groups excluding carboxylic acids is 1. The normalized spacial score (nSPS) is 10.8. The first-order chi connectivity index (χ1) is 19.6. The molecule has 0 fully saturated rings. The number of hydrogen-bond donors (Lipinski definition) is 1. The number of methoxy groups -OCH3 is 1. The van der Waals surface area contributed by atoms with Gasteiger partial charge in [-0.2, -0.15) is 5.10 Å². The van der Waals surface area contributed by atoms with Gasteiger partial charge in [-0.3, -0.25) is 4.79 Å². The molecule has 0 aliphatic carbocycles. The van der Waals surface area contributed by atoms with Crippen LogP contribution in [0.3, 0.4) is 0 Å². The van der Waals surface area contributed by atoms with Crippen LogP contribution < -0.4 is 24.4 Å². The maximum absolute atomic E-state index is 12.2. The van der Waals surface area contributed by atoms with Crippen molar-refractivity contribution in [3.8, 4) is 23.0 Å². The molecule has 0 unspecified atom stereocenters. The highest BCUT2D eigenvalue weighted by atomic mass is 35.5. The van der Waals surface area contributed by atoms with E-state index in [1.54, 1.807) is 19.2 Å². The number of amides is 1. The molecule has 0 aliphatic heterocycles. The summed E-state index contributed by atoms with van der Waals surface area (Å²) in [4.78, 5) is 12.2. The van der Waals surface area contributed by atoms with Crippen molar-refractivity contribution in [1.82, 2.24) is 5.43 Å². The fourth-order valence-electron chi connectivity index (χ4n) is 3.88. The first kappa shape index (κ1) is 28.5. The number of nitrogens with zero attached hydrogens (tertiary/aromatic N) is 1. The second-order valence-electron chi connectivity index (χ2n) is 8.77. The number of carbonyl (C=O) groups is 1. The fraction of sp³-hybridized carbons (Fsp3) is 0.188. The standard InChI is InChI=1S/C32H31ClN2O5/c1-3-38-30-18-26(20-34-35-31(36)19-23-10-6-4-7-11-23)16-27(33)32(30)40-22-25-14-15-28(29(17-25)37-2)39-21-24-12-8-5-9-13-24/h4-18,20H,3,19,21-22H2,1-2H3,(H,35,36)/b34-20+. The first-order valence-electron chi connectivity index (χ1n) is 12.8. The summed E-state index contributed by atoms with van der Waals surface area (Å²) in [7, 11) is 1.60. The van der Waals surface area contributed by atoms with Gasteiger partial charge in [-0.15, -0.1) is 0 Å². The van der Waals surface area contributed by atoms with Crippen molar-refractivity contribution < 1.29 is 23.7 Å². The summed E-state index contributed by atoms with van der Waals surface area (Å²) >= 11 is 6.57. The van der Waals surface area contributed by atoms with E-state index in [0.29, 0.717) is 46.8 Å². The lowest BCUT2D eigenvalue weighted by atomic mass is 10.1. The van der Waals surface area contributed by atoms with Gasteiger partial charge in [0.1, 0.15) is 13.2 Å². The second-order valence-corrected chi connectivity index (χ2v) is 9.17. The smallest absolute Gasteiger partial charge is 0.244 e. The third kappa shape index (κ3) is 8.25. The van der Waals surface area contributed by atoms with Crippen LogP contribution in [0.1, 0.15) is 29.2 Å². The van der Waals surface area contributed by atoms with Crippen LogP contribution in [0.4, 0.5) is 0 Å². The maximum Gasteiger partial charge on any atom is 0.244 e. The first-order valence-corrected chi connectivity index (χ1v) is 13.2. The molecule has 0 aromatic heterocycles. The molecular formula is C32H31ClN2O5. The molecule has 4 aromatic rings. The van der Waals surface area contributed by atoms with Gasteiger partial charge in [-0.05, 0) is 53.4 Å². The highest BCUT2D eigenvalue weighted by Gasteiger charge is 2.14. The van der Waals surface area contributed by atoms with Crippen LogP contribution in [0.2, 0.25) is 5.02 Å². The summed E-state index contributed by atoms with van der Waals surface area (Å²) < 4.78 is 23.3. The second kappa shape index (κ2) is 14.6. The molecule has 40 heavy (non-hydrogen) atoms.